The van der Waals surface area contributed by atoms with Gasteiger partial charge in [0.15, 0.2) is 5.60 Å². The number of aliphatic carboxylic acids is 1. The van der Waals surface area contributed by atoms with E-state index in [1.807, 2.05) is 0 Å². The van der Waals surface area contributed by atoms with E-state index in [1.54, 1.807) is 0 Å². The summed E-state index contributed by atoms with van der Waals surface area (Å²) in [4.78, 5) is 10.5. The van der Waals surface area contributed by atoms with Crippen molar-refractivity contribution in [2.45, 2.75) is 18.4 Å². The van der Waals surface area contributed by atoms with Gasteiger partial charge in [-0.3, -0.25) is 0 Å². The van der Waals surface area contributed by atoms with Crippen molar-refractivity contribution in [1.82, 2.24) is 0 Å². The van der Waals surface area contributed by atoms with Gasteiger partial charge >= 0.3 is 5.97 Å². The summed E-state index contributed by atoms with van der Waals surface area (Å²) < 4.78 is 4.86. The Hall–Kier alpha value is -0.610. The van der Waals surface area contributed by atoms with E-state index in [9.17, 15) is 4.79 Å². The number of carboxylic acid groups (broad SMARTS) is 1. The van der Waals surface area contributed by atoms with Crippen LogP contribution in [-0.4, -0.2) is 35.0 Å². The molecule has 0 amide bonds. The predicted molar refractivity (Wildman–Crippen MR) is 32.6 cm³/mol. The fourth-order valence-electron chi connectivity index (χ4n) is 1.00. The van der Waals surface area contributed by atoms with Crippen LogP contribution in [0.4, 0.5) is 0 Å². The van der Waals surface area contributed by atoms with Gasteiger partial charge in [-0.1, -0.05) is 0 Å². The van der Waals surface area contributed by atoms with Gasteiger partial charge < -0.3 is 14.9 Å². The fourth-order valence-corrected chi connectivity index (χ4v) is 1.00. The summed E-state index contributed by atoms with van der Waals surface area (Å²) in [5, 5.41) is 17.1. The Balaban J connectivity index is 2.50. The van der Waals surface area contributed by atoms with Crippen molar-refractivity contribution in [3.05, 3.63) is 0 Å². The van der Waals surface area contributed by atoms with Gasteiger partial charge in [0.1, 0.15) is 0 Å². The van der Waals surface area contributed by atoms with Gasteiger partial charge in [-0.2, -0.15) is 0 Å². The Morgan fingerprint density at radius 2 is 2.30 bits per heavy atom. The molecule has 0 bridgehead atoms. The molecule has 1 aliphatic heterocycles. The number of aliphatic hydroxyl groups is 1. The Morgan fingerprint density at radius 3 is 2.40 bits per heavy atom. The average molecular weight is 146 g/mol. The molecule has 1 rings (SSSR count). The Morgan fingerprint density at radius 1 is 1.70 bits per heavy atom. The fraction of sp³-hybridized carbons (Fsp3) is 0.833. The van der Waals surface area contributed by atoms with Crippen molar-refractivity contribution in [2.24, 2.45) is 0 Å². The second kappa shape index (κ2) is 2.56. The van der Waals surface area contributed by atoms with Crippen LogP contribution in [0.5, 0.6) is 0 Å². The molecular formula is C6H10O4. The summed E-state index contributed by atoms with van der Waals surface area (Å²) >= 11 is 0. The number of ether oxygens (including phenoxy) is 1. The number of carbonyl (C=O) groups is 1. The number of hydrogen-bond donors (Lipinski definition) is 2. The molecule has 1 fully saturated rings. The summed E-state index contributed by atoms with van der Waals surface area (Å²) in [6.45, 7) is 0.360. The Bertz CT molecular complexity index is 139. The molecule has 1 unspecified atom stereocenters. The molecule has 58 valence electrons. The maximum Gasteiger partial charge on any atom is 0.336 e. The second-order valence-electron chi connectivity index (χ2n) is 2.37. The normalized spacial score (nSPS) is 31.3. The lowest BCUT2D eigenvalue weighted by molar-refractivity contribution is -0.197. The molecule has 1 heterocycles. The zero-order valence-electron chi connectivity index (χ0n) is 5.54. The SMILES string of the molecule is O=C(O)C1(CCO)CCO1. The van der Waals surface area contributed by atoms with Gasteiger partial charge in [-0.25, -0.2) is 4.79 Å². The van der Waals surface area contributed by atoms with E-state index in [1.165, 1.54) is 0 Å². The summed E-state index contributed by atoms with van der Waals surface area (Å²) in [6, 6.07) is 0. The maximum absolute atomic E-state index is 10.5. The molecule has 10 heavy (non-hydrogen) atoms. The molecule has 0 saturated carbocycles. The smallest absolute Gasteiger partial charge is 0.336 e. The lowest BCUT2D eigenvalue weighted by atomic mass is 9.92. The van der Waals surface area contributed by atoms with Gasteiger partial charge in [-0.05, 0) is 0 Å². The van der Waals surface area contributed by atoms with Gasteiger partial charge in [0.25, 0.3) is 0 Å². The minimum absolute atomic E-state index is 0.133. The van der Waals surface area contributed by atoms with Crippen LogP contribution in [0.25, 0.3) is 0 Å². The zero-order chi connectivity index (χ0) is 7.61. The van der Waals surface area contributed by atoms with Crippen molar-refractivity contribution in [3.63, 3.8) is 0 Å². The standard InChI is InChI=1S/C6H10O4/c7-3-1-6(5(8)9)2-4-10-6/h7H,1-4H2,(H,8,9). The van der Waals surface area contributed by atoms with Crippen LogP contribution >= 0.6 is 0 Å². The monoisotopic (exact) mass is 146 g/mol. The molecule has 1 saturated heterocycles. The molecule has 0 radical (unpaired) electrons. The van der Waals surface area contributed by atoms with Gasteiger partial charge in [0.05, 0.1) is 6.61 Å². The van der Waals surface area contributed by atoms with E-state index >= 15 is 0 Å². The third-order valence-corrected chi connectivity index (χ3v) is 1.79. The van der Waals surface area contributed by atoms with Crippen molar-refractivity contribution >= 4 is 5.97 Å². The Kier molecular flexibility index (Phi) is 1.92. The first-order chi connectivity index (χ1) is 4.71. The summed E-state index contributed by atoms with van der Waals surface area (Å²) in [6.07, 6.45) is 0.714. The third kappa shape index (κ3) is 0.998. The Labute approximate surface area is 58.4 Å². The first kappa shape index (κ1) is 7.50. The highest BCUT2D eigenvalue weighted by atomic mass is 16.5. The van der Waals surface area contributed by atoms with E-state index in [2.05, 4.69) is 0 Å². The second-order valence-corrected chi connectivity index (χ2v) is 2.37. The largest absolute Gasteiger partial charge is 0.479 e. The molecule has 1 atom stereocenters. The van der Waals surface area contributed by atoms with E-state index in [0.717, 1.165) is 0 Å². The van der Waals surface area contributed by atoms with Crippen LogP contribution in [0.15, 0.2) is 0 Å². The maximum atomic E-state index is 10.5. The molecule has 0 aromatic rings. The van der Waals surface area contributed by atoms with E-state index < -0.39 is 11.6 Å². The topological polar surface area (TPSA) is 66.8 Å². The third-order valence-electron chi connectivity index (χ3n) is 1.79. The quantitative estimate of drug-likeness (QED) is 0.569. The molecule has 0 aromatic carbocycles. The van der Waals surface area contributed by atoms with Crippen LogP contribution < -0.4 is 0 Å². The zero-order valence-corrected chi connectivity index (χ0v) is 5.54. The lowest BCUT2D eigenvalue weighted by Crippen LogP contribution is -2.51. The predicted octanol–water partition coefficient (Wildman–Crippen LogP) is -0.388. The van der Waals surface area contributed by atoms with Gasteiger partial charge in [0, 0.05) is 19.4 Å². The number of aliphatic hydroxyl groups excluding tert-OH is 1. The van der Waals surface area contributed by atoms with E-state index in [0.29, 0.717) is 13.0 Å². The molecular weight excluding hydrogens is 136 g/mol. The highest BCUT2D eigenvalue weighted by Gasteiger charge is 2.45. The number of hydrogen-bond acceptors (Lipinski definition) is 3. The number of rotatable bonds is 3. The molecule has 0 aromatic heterocycles. The van der Waals surface area contributed by atoms with Crippen LogP contribution in [0, 0.1) is 0 Å². The van der Waals surface area contributed by atoms with Crippen molar-refractivity contribution < 1.29 is 19.7 Å². The van der Waals surface area contributed by atoms with Crippen LogP contribution in [-0.2, 0) is 9.53 Å². The van der Waals surface area contributed by atoms with Crippen LogP contribution in [0.2, 0.25) is 0 Å². The molecule has 1 aliphatic rings. The molecule has 0 aliphatic carbocycles. The van der Waals surface area contributed by atoms with Gasteiger partial charge in [-0.15, -0.1) is 0 Å². The highest BCUT2D eigenvalue weighted by Crippen LogP contribution is 2.29. The number of carboxylic acids is 1. The first-order valence-corrected chi connectivity index (χ1v) is 3.19. The van der Waals surface area contributed by atoms with Gasteiger partial charge in [0.2, 0.25) is 0 Å². The van der Waals surface area contributed by atoms with Crippen molar-refractivity contribution in [1.29, 1.82) is 0 Å². The molecule has 4 heteroatoms. The lowest BCUT2D eigenvalue weighted by Gasteiger charge is -2.37. The van der Waals surface area contributed by atoms with E-state index in [4.69, 9.17) is 14.9 Å². The van der Waals surface area contributed by atoms with Crippen LogP contribution in [0.3, 0.4) is 0 Å². The average Bonchev–Trinajstić information content (AvgIpc) is 1.77. The summed E-state index contributed by atoms with van der Waals surface area (Å²) in [5.74, 6) is -0.965. The minimum atomic E-state index is -1.06. The van der Waals surface area contributed by atoms with Crippen molar-refractivity contribution in [3.8, 4) is 0 Å². The molecule has 0 spiro atoms. The minimum Gasteiger partial charge on any atom is -0.479 e. The van der Waals surface area contributed by atoms with E-state index in [-0.39, 0.29) is 13.0 Å². The summed E-state index contributed by atoms with van der Waals surface area (Å²) in [7, 11) is 0. The van der Waals surface area contributed by atoms with Crippen molar-refractivity contribution in [2.75, 3.05) is 13.2 Å². The molecule has 2 N–H and O–H groups in total. The highest BCUT2D eigenvalue weighted by molar-refractivity contribution is 5.78. The summed E-state index contributed by atoms with van der Waals surface area (Å²) in [5.41, 5.74) is -1.06. The first-order valence-electron chi connectivity index (χ1n) is 3.19. The molecule has 4 nitrogen and oxygen atoms in total. The van der Waals surface area contributed by atoms with Crippen LogP contribution in [0.1, 0.15) is 12.8 Å².